The van der Waals surface area contributed by atoms with E-state index < -0.39 is 6.04 Å². The summed E-state index contributed by atoms with van der Waals surface area (Å²) in [4.78, 5) is 37.7. The van der Waals surface area contributed by atoms with Crippen molar-refractivity contribution in [3.05, 3.63) is 34.9 Å². The van der Waals surface area contributed by atoms with Crippen LogP contribution in [-0.2, 0) is 22.7 Å². The maximum absolute atomic E-state index is 12.7. The molecule has 1 aromatic carbocycles. The van der Waals surface area contributed by atoms with E-state index in [4.69, 9.17) is 5.73 Å². The monoisotopic (exact) mass is 356 g/mol. The van der Waals surface area contributed by atoms with Crippen molar-refractivity contribution in [2.75, 3.05) is 0 Å². The van der Waals surface area contributed by atoms with E-state index in [-0.39, 0.29) is 24.1 Å². The highest BCUT2D eigenvalue weighted by Gasteiger charge is 2.39. The fraction of sp³-hybridized carbons (Fsp3) is 0.526. The number of hydrogen-bond acceptors (Lipinski definition) is 5. The highest BCUT2D eigenvalue weighted by Crippen LogP contribution is 2.28. The van der Waals surface area contributed by atoms with E-state index in [9.17, 15) is 14.4 Å². The highest BCUT2D eigenvalue weighted by atomic mass is 16.2. The van der Waals surface area contributed by atoms with Gasteiger partial charge >= 0.3 is 0 Å². The third kappa shape index (κ3) is 3.24. The summed E-state index contributed by atoms with van der Waals surface area (Å²) >= 11 is 0. The molecule has 2 heterocycles. The summed E-state index contributed by atoms with van der Waals surface area (Å²) in [5.41, 5.74) is 8.68. The fourth-order valence-electron chi connectivity index (χ4n) is 4.20. The average Bonchev–Trinajstić information content (AvgIpc) is 3.16. The number of amides is 3. The van der Waals surface area contributed by atoms with Crippen molar-refractivity contribution in [1.82, 2.24) is 15.5 Å². The fourth-order valence-corrected chi connectivity index (χ4v) is 4.20. The van der Waals surface area contributed by atoms with Gasteiger partial charge in [0.2, 0.25) is 11.8 Å². The molecule has 26 heavy (non-hydrogen) atoms. The van der Waals surface area contributed by atoms with Crippen LogP contribution < -0.4 is 16.4 Å². The molecule has 138 valence electrons. The summed E-state index contributed by atoms with van der Waals surface area (Å²) in [6.07, 6.45) is 3.84. The summed E-state index contributed by atoms with van der Waals surface area (Å²) in [5.74, 6) is -0.770. The zero-order chi connectivity index (χ0) is 18.3. The Morgan fingerprint density at radius 1 is 1.19 bits per heavy atom. The Labute approximate surface area is 152 Å². The number of nitrogens with two attached hydrogens (primary N) is 1. The molecule has 7 heteroatoms. The molecule has 1 aromatic rings. The van der Waals surface area contributed by atoms with E-state index in [1.54, 1.807) is 4.90 Å². The largest absolute Gasteiger partial charge is 0.328 e. The standard InChI is InChI=1S/C19H24N4O3/c20-13-2-3-14(8-13)21-9-11-1-4-15-12(7-11)10-23(19(15)26)16-5-6-17(24)22-18(16)25/h1,4,7,13-14,16,21H,2-3,5-6,8-10,20H2,(H,22,24,25). The van der Waals surface area contributed by atoms with E-state index in [0.717, 1.165) is 36.9 Å². The van der Waals surface area contributed by atoms with Crippen LogP contribution in [0.5, 0.6) is 0 Å². The third-order valence-corrected chi connectivity index (χ3v) is 5.66. The number of nitrogens with one attached hydrogen (secondary N) is 2. The minimum atomic E-state index is -0.561. The zero-order valence-corrected chi connectivity index (χ0v) is 14.7. The van der Waals surface area contributed by atoms with Crippen molar-refractivity contribution in [2.45, 2.75) is 63.3 Å². The highest BCUT2D eigenvalue weighted by molar-refractivity contribution is 6.05. The maximum atomic E-state index is 12.7. The van der Waals surface area contributed by atoms with Crippen LogP contribution >= 0.6 is 0 Å². The predicted molar refractivity (Wildman–Crippen MR) is 94.9 cm³/mol. The molecule has 3 aliphatic rings. The van der Waals surface area contributed by atoms with Gasteiger partial charge in [0.1, 0.15) is 6.04 Å². The molecule has 1 saturated heterocycles. The zero-order valence-electron chi connectivity index (χ0n) is 14.7. The molecule has 4 N–H and O–H groups in total. The van der Waals surface area contributed by atoms with E-state index in [2.05, 4.69) is 10.6 Å². The van der Waals surface area contributed by atoms with Gasteiger partial charge in [0.05, 0.1) is 0 Å². The molecule has 3 unspecified atom stereocenters. The summed E-state index contributed by atoms with van der Waals surface area (Å²) in [6.45, 7) is 1.17. The van der Waals surface area contributed by atoms with Crippen molar-refractivity contribution in [2.24, 2.45) is 5.73 Å². The molecule has 0 spiro atoms. The van der Waals surface area contributed by atoms with Crippen LogP contribution in [0.25, 0.3) is 0 Å². The summed E-state index contributed by atoms with van der Waals surface area (Å²) in [5, 5.41) is 5.87. The number of imide groups is 1. The molecule has 1 aliphatic carbocycles. The van der Waals surface area contributed by atoms with Crippen LogP contribution in [0.15, 0.2) is 18.2 Å². The molecular weight excluding hydrogens is 332 g/mol. The van der Waals surface area contributed by atoms with E-state index in [0.29, 0.717) is 30.6 Å². The molecule has 2 aliphatic heterocycles. The third-order valence-electron chi connectivity index (χ3n) is 5.66. The molecule has 1 saturated carbocycles. The lowest BCUT2D eigenvalue weighted by Gasteiger charge is -2.29. The molecule has 4 rings (SSSR count). The first-order chi connectivity index (χ1) is 12.5. The van der Waals surface area contributed by atoms with Gasteiger partial charge in [0.15, 0.2) is 0 Å². The summed E-state index contributed by atoms with van der Waals surface area (Å²) < 4.78 is 0. The second kappa shape index (κ2) is 6.81. The van der Waals surface area contributed by atoms with Crippen LogP contribution in [-0.4, -0.2) is 40.7 Å². The van der Waals surface area contributed by atoms with Gasteiger partial charge in [0.25, 0.3) is 5.91 Å². The molecule has 0 bridgehead atoms. The molecular formula is C19H24N4O3. The second-order valence-electron chi connectivity index (χ2n) is 7.54. The summed E-state index contributed by atoms with van der Waals surface area (Å²) in [6, 6.07) is 6.05. The Kier molecular flexibility index (Phi) is 4.50. The van der Waals surface area contributed by atoms with Gasteiger partial charge in [-0.3, -0.25) is 19.7 Å². The van der Waals surface area contributed by atoms with E-state index in [1.165, 1.54) is 0 Å². The number of carbonyl (C=O) groups is 3. The normalized spacial score (nSPS) is 28.4. The summed E-state index contributed by atoms with van der Waals surface area (Å²) in [7, 11) is 0. The Bertz CT molecular complexity index is 763. The van der Waals surface area contributed by atoms with Crippen LogP contribution in [0.4, 0.5) is 0 Å². The van der Waals surface area contributed by atoms with Crippen molar-refractivity contribution in [3.8, 4) is 0 Å². The van der Waals surface area contributed by atoms with Gasteiger partial charge in [-0.25, -0.2) is 0 Å². The van der Waals surface area contributed by atoms with Gasteiger partial charge < -0.3 is 16.0 Å². The van der Waals surface area contributed by atoms with Crippen molar-refractivity contribution in [1.29, 1.82) is 0 Å². The van der Waals surface area contributed by atoms with Gasteiger partial charge in [-0.1, -0.05) is 12.1 Å². The first-order valence-corrected chi connectivity index (χ1v) is 9.26. The van der Waals surface area contributed by atoms with Crippen LogP contribution in [0, 0.1) is 0 Å². The van der Waals surface area contributed by atoms with Crippen molar-refractivity contribution < 1.29 is 14.4 Å². The predicted octanol–water partition coefficient (Wildman–Crippen LogP) is 0.417. The van der Waals surface area contributed by atoms with Gasteiger partial charge in [-0.15, -0.1) is 0 Å². The lowest BCUT2D eigenvalue weighted by atomic mass is 10.0. The van der Waals surface area contributed by atoms with Crippen LogP contribution in [0.3, 0.4) is 0 Å². The number of benzene rings is 1. The first-order valence-electron chi connectivity index (χ1n) is 9.26. The minimum absolute atomic E-state index is 0.129. The van der Waals surface area contributed by atoms with Gasteiger partial charge in [-0.05, 0) is 42.9 Å². The Hall–Kier alpha value is -2.25. The smallest absolute Gasteiger partial charge is 0.255 e. The average molecular weight is 356 g/mol. The molecule has 2 fully saturated rings. The molecule has 3 amide bonds. The molecule has 3 atom stereocenters. The van der Waals surface area contributed by atoms with E-state index >= 15 is 0 Å². The molecule has 7 nitrogen and oxygen atoms in total. The number of nitrogens with zero attached hydrogens (tertiary/aromatic N) is 1. The second-order valence-corrected chi connectivity index (χ2v) is 7.54. The lowest BCUT2D eigenvalue weighted by Crippen LogP contribution is -2.52. The van der Waals surface area contributed by atoms with Gasteiger partial charge in [-0.2, -0.15) is 0 Å². The Balaban J connectivity index is 1.43. The number of fused-ring (bicyclic) bond motifs is 1. The Morgan fingerprint density at radius 2 is 2.04 bits per heavy atom. The van der Waals surface area contributed by atoms with Crippen LogP contribution in [0.2, 0.25) is 0 Å². The quantitative estimate of drug-likeness (QED) is 0.678. The van der Waals surface area contributed by atoms with Gasteiger partial charge in [0, 0.05) is 37.2 Å². The topological polar surface area (TPSA) is 105 Å². The lowest BCUT2D eigenvalue weighted by molar-refractivity contribution is -0.136. The van der Waals surface area contributed by atoms with Crippen molar-refractivity contribution in [3.63, 3.8) is 0 Å². The number of hydrogen-bond donors (Lipinski definition) is 3. The minimum Gasteiger partial charge on any atom is -0.328 e. The van der Waals surface area contributed by atoms with Crippen LogP contribution in [0.1, 0.15) is 53.6 Å². The molecule has 0 radical (unpaired) electrons. The maximum Gasteiger partial charge on any atom is 0.255 e. The number of carbonyl (C=O) groups excluding carboxylic acids is 3. The van der Waals surface area contributed by atoms with Crippen molar-refractivity contribution >= 4 is 17.7 Å². The number of piperidine rings is 1. The van der Waals surface area contributed by atoms with E-state index in [1.807, 2.05) is 18.2 Å². The molecule has 0 aromatic heterocycles. The number of rotatable bonds is 4. The first kappa shape index (κ1) is 17.2. The SMILES string of the molecule is NC1CCC(NCc2ccc3c(c2)CN(C2CCC(=O)NC2=O)C3=O)C1. The Morgan fingerprint density at radius 3 is 2.77 bits per heavy atom.